The quantitative estimate of drug-likeness (QED) is 0.651. The lowest BCUT2D eigenvalue weighted by atomic mass is 10.0. The van der Waals surface area contributed by atoms with Crippen LogP contribution in [0.4, 0.5) is 0 Å². The molecule has 1 unspecified atom stereocenters. The molecule has 2 amide bonds. The second-order valence-corrected chi connectivity index (χ2v) is 7.17. The number of aromatic nitrogens is 3. The minimum absolute atomic E-state index is 0.0492. The molecule has 4 rings (SSSR count). The fraction of sp³-hybridized carbons (Fsp3) is 0.318. The maximum absolute atomic E-state index is 12.8. The van der Waals surface area contributed by atoms with Gasteiger partial charge in [-0.3, -0.25) is 14.6 Å². The van der Waals surface area contributed by atoms with Crippen molar-refractivity contribution in [1.29, 1.82) is 0 Å². The summed E-state index contributed by atoms with van der Waals surface area (Å²) >= 11 is 0. The summed E-state index contributed by atoms with van der Waals surface area (Å²) in [4.78, 5) is 34.8. The molecule has 0 aliphatic carbocycles. The molecular weight excluding hydrogens is 398 g/mol. The van der Waals surface area contributed by atoms with E-state index < -0.39 is 0 Å². The molecule has 31 heavy (non-hydrogen) atoms. The fourth-order valence-electron chi connectivity index (χ4n) is 3.51. The first kappa shape index (κ1) is 20.5. The Balaban J connectivity index is 1.46. The molecule has 160 valence electrons. The summed E-state index contributed by atoms with van der Waals surface area (Å²) in [6, 6.07) is 12.3. The average molecular weight is 421 g/mol. The van der Waals surface area contributed by atoms with Gasteiger partial charge in [0.2, 0.25) is 11.7 Å². The van der Waals surface area contributed by atoms with Gasteiger partial charge < -0.3 is 19.5 Å². The van der Waals surface area contributed by atoms with Gasteiger partial charge in [-0.25, -0.2) is 0 Å². The maximum atomic E-state index is 12.8. The molecule has 2 aromatic heterocycles. The molecule has 1 saturated heterocycles. The third-order valence-corrected chi connectivity index (χ3v) is 5.14. The van der Waals surface area contributed by atoms with Crippen molar-refractivity contribution in [1.82, 2.24) is 25.3 Å². The lowest BCUT2D eigenvalue weighted by Crippen LogP contribution is -2.41. The zero-order chi connectivity index (χ0) is 21.6. The van der Waals surface area contributed by atoms with Crippen LogP contribution >= 0.6 is 0 Å². The molecule has 1 atom stereocenters. The van der Waals surface area contributed by atoms with Crippen molar-refractivity contribution in [2.24, 2.45) is 0 Å². The van der Waals surface area contributed by atoms with Crippen molar-refractivity contribution in [2.45, 2.75) is 25.3 Å². The van der Waals surface area contributed by atoms with Gasteiger partial charge in [0, 0.05) is 25.4 Å². The van der Waals surface area contributed by atoms with Gasteiger partial charge in [0.25, 0.3) is 11.8 Å². The van der Waals surface area contributed by atoms with Crippen LogP contribution in [0, 0.1) is 0 Å². The lowest BCUT2D eigenvalue weighted by molar-refractivity contribution is -0.138. The van der Waals surface area contributed by atoms with E-state index >= 15 is 0 Å². The van der Waals surface area contributed by atoms with Gasteiger partial charge in [-0.15, -0.1) is 0 Å². The van der Waals surface area contributed by atoms with Crippen LogP contribution in [0.15, 0.2) is 53.2 Å². The van der Waals surface area contributed by atoms with Crippen LogP contribution in [0.3, 0.4) is 0 Å². The maximum Gasteiger partial charge on any atom is 0.269 e. The molecule has 9 nitrogen and oxygen atoms in total. The number of amides is 2. The molecule has 3 heterocycles. The number of ether oxygens (including phenoxy) is 1. The summed E-state index contributed by atoms with van der Waals surface area (Å²) in [7, 11) is 1.55. The van der Waals surface area contributed by atoms with Gasteiger partial charge in [-0.05, 0) is 43.5 Å². The zero-order valence-corrected chi connectivity index (χ0v) is 17.2. The van der Waals surface area contributed by atoms with Crippen molar-refractivity contribution in [2.75, 3.05) is 20.2 Å². The van der Waals surface area contributed by atoms with E-state index in [2.05, 4.69) is 20.4 Å². The van der Waals surface area contributed by atoms with Crippen molar-refractivity contribution < 1.29 is 18.8 Å². The summed E-state index contributed by atoms with van der Waals surface area (Å²) in [6.45, 7) is 0.564. The van der Waals surface area contributed by atoms with E-state index in [-0.39, 0.29) is 24.5 Å². The van der Waals surface area contributed by atoms with Crippen molar-refractivity contribution >= 4 is 11.8 Å². The number of hydrogen-bond acceptors (Lipinski definition) is 7. The number of likely N-dealkylation sites (tertiary alicyclic amines) is 1. The molecule has 0 radical (unpaired) electrons. The van der Waals surface area contributed by atoms with Crippen LogP contribution < -0.4 is 10.1 Å². The van der Waals surface area contributed by atoms with Crippen LogP contribution in [0.5, 0.6) is 5.75 Å². The minimum Gasteiger partial charge on any atom is -0.484 e. The van der Waals surface area contributed by atoms with Crippen molar-refractivity contribution in [3.63, 3.8) is 0 Å². The molecule has 1 fully saturated rings. The average Bonchev–Trinajstić information content (AvgIpc) is 3.33. The minimum atomic E-state index is -0.292. The molecule has 1 aromatic carbocycles. The number of carbonyl (C=O) groups is 2. The SMILES string of the molecule is CNC(=O)c1ccc(-c2noc(C3CCCCN3C(=O)COc3ccccc3)n2)cn1. The Morgan fingerprint density at radius 2 is 2.03 bits per heavy atom. The number of carbonyl (C=O) groups excluding carboxylic acids is 2. The van der Waals surface area contributed by atoms with E-state index in [4.69, 9.17) is 9.26 Å². The fourth-order valence-corrected chi connectivity index (χ4v) is 3.51. The van der Waals surface area contributed by atoms with E-state index in [0.29, 0.717) is 35.3 Å². The number of rotatable bonds is 6. The largest absolute Gasteiger partial charge is 0.484 e. The van der Waals surface area contributed by atoms with Crippen molar-refractivity contribution in [3.05, 3.63) is 60.2 Å². The first-order chi connectivity index (χ1) is 15.2. The molecule has 0 saturated carbocycles. The van der Waals surface area contributed by atoms with Crippen molar-refractivity contribution in [3.8, 4) is 17.1 Å². The molecule has 1 aliphatic rings. The Labute approximate surface area is 179 Å². The highest BCUT2D eigenvalue weighted by atomic mass is 16.5. The molecule has 9 heteroatoms. The van der Waals surface area contributed by atoms with Gasteiger partial charge in [0.05, 0.1) is 0 Å². The lowest BCUT2D eigenvalue weighted by Gasteiger charge is -2.33. The third-order valence-electron chi connectivity index (χ3n) is 5.14. The normalized spacial score (nSPS) is 16.0. The molecular formula is C22H23N5O4. The van der Waals surface area contributed by atoms with E-state index in [0.717, 1.165) is 19.3 Å². The number of pyridine rings is 1. The molecule has 0 bridgehead atoms. The second-order valence-electron chi connectivity index (χ2n) is 7.17. The summed E-state index contributed by atoms with van der Waals surface area (Å²) in [5, 5.41) is 6.57. The van der Waals surface area contributed by atoms with Gasteiger partial charge >= 0.3 is 0 Å². The number of benzene rings is 1. The van der Waals surface area contributed by atoms with Crippen LogP contribution in [0.2, 0.25) is 0 Å². The monoisotopic (exact) mass is 421 g/mol. The van der Waals surface area contributed by atoms with Crippen LogP contribution in [-0.4, -0.2) is 52.0 Å². The predicted molar refractivity (Wildman–Crippen MR) is 111 cm³/mol. The Kier molecular flexibility index (Phi) is 6.21. The predicted octanol–water partition coefficient (Wildman–Crippen LogP) is 2.62. The number of para-hydroxylation sites is 1. The smallest absolute Gasteiger partial charge is 0.269 e. The van der Waals surface area contributed by atoms with E-state index in [1.54, 1.807) is 24.1 Å². The Morgan fingerprint density at radius 3 is 2.77 bits per heavy atom. The van der Waals surface area contributed by atoms with Crippen LogP contribution in [0.1, 0.15) is 41.7 Å². The molecule has 1 aliphatic heterocycles. The molecule has 0 spiro atoms. The van der Waals surface area contributed by atoms with E-state index in [1.807, 2.05) is 30.3 Å². The number of piperidine rings is 1. The summed E-state index contributed by atoms with van der Waals surface area (Å²) in [5.41, 5.74) is 0.932. The second kappa shape index (κ2) is 9.38. The first-order valence-electron chi connectivity index (χ1n) is 10.1. The van der Waals surface area contributed by atoms with Gasteiger partial charge in [0.1, 0.15) is 17.5 Å². The first-order valence-corrected chi connectivity index (χ1v) is 10.1. The Morgan fingerprint density at radius 1 is 1.19 bits per heavy atom. The number of nitrogens with zero attached hydrogens (tertiary/aromatic N) is 4. The zero-order valence-electron chi connectivity index (χ0n) is 17.2. The standard InChI is InChI=1S/C22H23N5O4/c1-23-21(29)17-11-10-15(13-24-17)20-25-22(31-26-20)18-9-5-6-12-27(18)19(28)14-30-16-7-3-2-4-8-16/h2-4,7-8,10-11,13,18H,5-6,9,12,14H2,1H3,(H,23,29). The highest BCUT2D eigenvalue weighted by Crippen LogP contribution is 2.31. The number of nitrogens with one attached hydrogen (secondary N) is 1. The Hall–Kier alpha value is -3.75. The van der Waals surface area contributed by atoms with Gasteiger partial charge in [0.15, 0.2) is 6.61 Å². The molecule has 1 N–H and O–H groups in total. The summed E-state index contributed by atoms with van der Waals surface area (Å²) in [5.74, 6) is 1.01. The highest BCUT2D eigenvalue weighted by molar-refractivity contribution is 5.92. The van der Waals surface area contributed by atoms with Crippen LogP contribution in [-0.2, 0) is 4.79 Å². The van der Waals surface area contributed by atoms with Gasteiger partial charge in [-0.2, -0.15) is 4.98 Å². The van der Waals surface area contributed by atoms with E-state index in [1.165, 1.54) is 6.20 Å². The topological polar surface area (TPSA) is 110 Å². The molecule has 3 aromatic rings. The Bertz CT molecular complexity index is 1040. The van der Waals surface area contributed by atoms with Gasteiger partial charge in [-0.1, -0.05) is 23.4 Å². The third kappa shape index (κ3) is 4.71. The van der Waals surface area contributed by atoms with Crippen LogP contribution in [0.25, 0.3) is 11.4 Å². The summed E-state index contributed by atoms with van der Waals surface area (Å²) in [6.07, 6.45) is 4.15. The van der Waals surface area contributed by atoms with E-state index in [9.17, 15) is 9.59 Å². The highest BCUT2D eigenvalue weighted by Gasteiger charge is 2.32. The summed E-state index contributed by atoms with van der Waals surface area (Å²) < 4.78 is 11.1. The number of hydrogen-bond donors (Lipinski definition) is 1.